The average Bonchev–Trinajstić information content (AvgIpc) is 2.60. The smallest absolute Gasteiger partial charge is 0.288 e. The molecule has 0 aromatic heterocycles. The highest BCUT2D eigenvalue weighted by molar-refractivity contribution is 7.99. The minimum atomic E-state index is -2.44. The van der Waals surface area contributed by atoms with Crippen molar-refractivity contribution in [2.24, 2.45) is 0 Å². The molecule has 2 aromatic carbocycles. The van der Waals surface area contributed by atoms with E-state index in [-0.39, 0.29) is 5.91 Å². The molecule has 0 heterocycles. The number of amides is 1. The van der Waals surface area contributed by atoms with Crippen molar-refractivity contribution in [1.29, 1.82) is 0 Å². The average molecular weight is 379 g/mol. The number of carbonyl (C=O) groups is 1. The Balaban J connectivity index is 2.00. The van der Waals surface area contributed by atoms with Crippen molar-refractivity contribution < 1.29 is 13.6 Å². The van der Waals surface area contributed by atoms with Gasteiger partial charge in [0.25, 0.3) is 11.7 Å². The number of thioether (sulfide) groups is 1. The van der Waals surface area contributed by atoms with Gasteiger partial charge >= 0.3 is 0 Å². The zero-order chi connectivity index (χ0) is 18.9. The molecule has 0 saturated carbocycles. The normalized spacial score (nSPS) is 11.0. The van der Waals surface area contributed by atoms with Gasteiger partial charge in [-0.05, 0) is 63.5 Å². The number of nitrogens with one attached hydrogen (secondary N) is 2. The number of hydrogen-bond donors (Lipinski definition) is 2. The first-order chi connectivity index (χ1) is 12.5. The highest BCUT2D eigenvalue weighted by Crippen LogP contribution is 2.27. The quantitative estimate of drug-likeness (QED) is 0.500. The molecular formula is C19H23F2N3OS. The summed E-state index contributed by atoms with van der Waals surface area (Å²) >= 11 is 0.506. The van der Waals surface area contributed by atoms with Gasteiger partial charge in [-0.2, -0.15) is 8.78 Å². The topological polar surface area (TPSA) is 44.4 Å². The molecule has 0 radical (unpaired) electrons. The first-order valence-corrected chi connectivity index (χ1v) is 9.17. The van der Waals surface area contributed by atoms with Crippen LogP contribution in [0.3, 0.4) is 0 Å². The van der Waals surface area contributed by atoms with Gasteiger partial charge in [-0.25, -0.2) is 0 Å². The molecule has 0 aliphatic carbocycles. The Bertz CT molecular complexity index is 708. The van der Waals surface area contributed by atoms with E-state index in [4.69, 9.17) is 0 Å². The van der Waals surface area contributed by atoms with Gasteiger partial charge < -0.3 is 15.5 Å². The van der Waals surface area contributed by atoms with E-state index in [0.29, 0.717) is 34.5 Å². The first kappa shape index (κ1) is 20.2. The fraction of sp³-hybridized carbons (Fsp3) is 0.316. The monoisotopic (exact) mass is 379 g/mol. The maximum atomic E-state index is 12.4. The molecule has 0 aliphatic heterocycles. The van der Waals surface area contributed by atoms with E-state index in [0.717, 1.165) is 18.7 Å². The van der Waals surface area contributed by atoms with Crippen LogP contribution in [-0.2, 0) is 0 Å². The van der Waals surface area contributed by atoms with E-state index >= 15 is 0 Å². The Labute approximate surface area is 157 Å². The summed E-state index contributed by atoms with van der Waals surface area (Å²) in [6.45, 7) is 1.51. The van der Waals surface area contributed by atoms with Crippen LogP contribution in [0.2, 0.25) is 0 Å². The SMILES string of the molecule is CN(C)CCCNC(=O)c1ccccc1Nc1ccc(SC(F)F)cc1. The lowest BCUT2D eigenvalue weighted by Crippen LogP contribution is -2.27. The summed E-state index contributed by atoms with van der Waals surface area (Å²) in [4.78, 5) is 15.0. The van der Waals surface area contributed by atoms with Crippen LogP contribution in [0.5, 0.6) is 0 Å². The zero-order valence-electron chi connectivity index (χ0n) is 14.8. The zero-order valence-corrected chi connectivity index (χ0v) is 15.7. The van der Waals surface area contributed by atoms with Crippen LogP contribution in [-0.4, -0.2) is 43.7 Å². The molecule has 0 fully saturated rings. The first-order valence-electron chi connectivity index (χ1n) is 8.29. The second-order valence-electron chi connectivity index (χ2n) is 5.99. The number of benzene rings is 2. The highest BCUT2D eigenvalue weighted by atomic mass is 32.2. The lowest BCUT2D eigenvalue weighted by molar-refractivity contribution is 0.0953. The minimum Gasteiger partial charge on any atom is -0.355 e. The van der Waals surface area contributed by atoms with Crippen LogP contribution in [0.15, 0.2) is 53.4 Å². The predicted molar refractivity (Wildman–Crippen MR) is 104 cm³/mol. The second-order valence-corrected chi connectivity index (χ2v) is 7.05. The molecule has 0 bridgehead atoms. The molecule has 0 spiro atoms. The van der Waals surface area contributed by atoms with Crippen molar-refractivity contribution in [2.75, 3.05) is 32.5 Å². The van der Waals surface area contributed by atoms with Crippen LogP contribution in [0, 0.1) is 0 Å². The molecule has 26 heavy (non-hydrogen) atoms. The van der Waals surface area contributed by atoms with Gasteiger partial charge in [-0.3, -0.25) is 4.79 Å². The molecule has 0 unspecified atom stereocenters. The number of alkyl halides is 2. The summed E-state index contributed by atoms with van der Waals surface area (Å²) in [5.74, 6) is -2.58. The molecule has 1 amide bonds. The number of rotatable bonds is 9. The van der Waals surface area contributed by atoms with Crippen LogP contribution in [0.25, 0.3) is 0 Å². The Morgan fingerprint density at radius 1 is 1.12 bits per heavy atom. The van der Waals surface area contributed by atoms with Crippen molar-refractivity contribution in [1.82, 2.24) is 10.2 Å². The second kappa shape index (κ2) is 10.1. The third-order valence-corrected chi connectivity index (χ3v) is 4.32. The number of anilines is 2. The van der Waals surface area contributed by atoms with E-state index < -0.39 is 5.76 Å². The van der Waals surface area contributed by atoms with E-state index in [1.165, 1.54) is 0 Å². The minimum absolute atomic E-state index is 0.142. The van der Waals surface area contributed by atoms with Crippen molar-refractivity contribution in [3.05, 3.63) is 54.1 Å². The molecule has 0 aliphatic rings. The lowest BCUT2D eigenvalue weighted by Gasteiger charge is -2.13. The molecule has 2 aromatic rings. The van der Waals surface area contributed by atoms with Gasteiger partial charge in [-0.15, -0.1) is 0 Å². The fourth-order valence-corrected chi connectivity index (χ4v) is 2.86. The maximum Gasteiger partial charge on any atom is 0.288 e. The lowest BCUT2D eigenvalue weighted by atomic mass is 10.1. The van der Waals surface area contributed by atoms with Gasteiger partial charge in [0.15, 0.2) is 0 Å². The largest absolute Gasteiger partial charge is 0.355 e. The fourth-order valence-electron chi connectivity index (χ4n) is 2.36. The van der Waals surface area contributed by atoms with Crippen LogP contribution in [0.4, 0.5) is 20.2 Å². The Kier molecular flexibility index (Phi) is 7.87. The number of carbonyl (C=O) groups excluding carboxylic acids is 1. The van der Waals surface area contributed by atoms with Gasteiger partial charge in [0, 0.05) is 17.1 Å². The summed E-state index contributed by atoms with van der Waals surface area (Å²) in [6.07, 6.45) is 0.873. The number of halogens is 2. The van der Waals surface area contributed by atoms with E-state index in [1.807, 2.05) is 32.3 Å². The Morgan fingerprint density at radius 2 is 1.81 bits per heavy atom. The summed E-state index contributed by atoms with van der Waals surface area (Å²) in [5, 5.41) is 6.10. The summed E-state index contributed by atoms with van der Waals surface area (Å²) < 4.78 is 24.8. The summed E-state index contributed by atoms with van der Waals surface area (Å²) in [7, 11) is 3.98. The summed E-state index contributed by atoms with van der Waals surface area (Å²) in [6, 6.07) is 13.9. The Morgan fingerprint density at radius 3 is 2.46 bits per heavy atom. The van der Waals surface area contributed by atoms with Gasteiger partial charge in [0.1, 0.15) is 0 Å². The molecule has 0 saturated heterocycles. The molecule has 0 atom stereocenters. The Hall–Kier alpha value is -2.12. The number of nitrogens with zero attached hydrogens (tertiary/aromatic N) is 1. The van der Waals surface area contributed by atoms with Crippen molar-refractivity contribution in [3.63, 3.8) is 0 Å². The molecule has 140 valence electrons. The predicted octanol–water partition coefficient (Wildman–Crippen LogP) is 4.43. The molecule has 7 heteroatoms. The number of para-hydroxylation sites is 1. The van der Waals surface area contributed by atoms with Gasteiger partial charge in [-0.1, -0.05) is 23.9 Å². The maximum absolute atomic E-state index is 12.4. The molecule has 2 N–H and O–H groups in total. The van der Waals surface area contributed by atoms with Crippen molar-refractivity contribution in [3.8, 4) is 0 Å². The third-order valence-electron chi connectivity index (χ3n) is 3.60. The molecular weight excluding hydrogens is 356 g/mol. The standard InChI is InChI=1S/C19H23F2N3OS/c1-24(2)13-5-12-22-18(25)16-6-3-4-7-17(16)23-14-8-10-15(11-9-14)26-19(20)21/h3-4,6-11,19,23H,5,12-13H2,1-2H3,(H,22,25). The van der Waals surface area contributed by atoms with E-state index in [9.17, 15) is 13.6 Å². The van der Waals surface area contributed by atoms with Gasteiger partial charge in [0.05, 0.1) is 11.3 Å². The molecule has 4 nitrogen and oxygen atoms in total. The van der Waals surface area contributed by atoms with Gasteiger partial charge in [0.2, 0.25) is 0 Å². The van der Waals surface area contributed by atoms with Crippen LogP contribution in [0.1, 0.15) is 16.8 Å². The van der Waals surface area contributed by atoms with Crippen molar-refractivity contribution >= 4 is 29.0 Å². The summed E-state index contributed by atoms with van der Waals surface area (Å²) in [5.41, 5.74) is 1.95. The number of hydrogen-bond acceptors (Lipinski definition) is 4. The third kappa shape index (κ3) is 6.65. The van der Waals surface area contributed by atoms with Crippen molar-refractivity contribution in [2.45, 2.75) is 17.1 Å². The highest BCUT2D eigenvalue weighted by Gasteiger charge is 2.11. The molecule has 2 rings (SSSR count). The van der Waals surface area contributed by atoms with E-state index in [2.05, 4.69) is 15.5 Å². The van der Waals surface area contributed by atoms with E-state index in [1.54, 1.807) is 30.3 Å². The van der Waals surface area contributed by atoms with Crippen LogP contribution >= 0.6 is 11.8 Å². The van der Waals surface area contributed by atoms with Crippen LogP contribution < -0.4 is 10.6 Å².